The molecule has 1 rings (SSSR count). The van der Waals surface area contributed by atoms with Gasteiger partial charge < -0.3 is 14.2 Å². The topological polar surface area (TPSA) is 74.2 Å². The number of rotatable bonds is 6. The zero-order valence-corrected chi connectivity index (χ0v) is 13.3. The highest BCUT2D eigenvalue weighted by atomic mass is 16.6. The number of ether oxygens (including phenoxy) is 3. The second kappa shape index (κ2) is 8.81. The van der Waals surface area contributed by atoms with Gasteiger partial charge in [0.2, 0.25) is 0 Å². The molecule has 0 aromatic heterocycles. The molecule has 0 amide bonds. The van der Waals surface area contributed by atoms with Crippen molar-refractivity contribution in [3.8, 4) is 0 Å². The number of aliphatic imine (C=N–C) groups is 1. The lowest BCUT2D eigenvalue weighted by Gasteiger charge is -2.16. The monoisotopic (exact) mass is 307 g/mol. The molecule has 0 atom stereocenters. The van der Waals surface area contributed by atoms with E-state index in [-0.39, 0.29) is 13.2 Å². The number of hydrogen-bond acceptors (Lipinski definition) is 6. The number of carbonyl (C=O) groups excluding carboxylic acids is 2. The van der Waals surface area contributed by atoms with Crippen LogP contribution in [0.3, 0.4) is 0 Å². The highest BCUT2D eigenvalue weighted by Gasteiger charge is 2.33. The van der Waals surface area contributed by atoms with Gasteiger partial charge in [0.15, 0.2) is 11.8 Å². The van der Waals surface area contributed by atoms with Crippen LogP contribution in [0.4, 0.5) is 5.69 Å². The quantitative estimate of drug-likeness (QED) is 0.349. The van der Waals surface area contributed by atoms with Gasteiger partial charge in [0.25, 0.3) is 0 Å². The Balaban J connectivity index is 3.30. The third-order valence-electron chi connectivity index (χ3n) is 2.87. The fraction of sp³-hybridized carbons (Fsp3) is 0.438. The largest absolute Gasteiger partial charge is 0.484 e. The molecule has 0 aliphatic carbocycles. The molecule has 22 heavy (non-hydrogen) atoms. The summed E-state index contributed by atoms with van der Waals surface area (Å²) >= 11 is 0. The maximum Gasteiger partial charge on any atom is 0.324 e. The van der Waals surface area contributed by atoms with Crippen molar-refractivity contribution in [3.05, 3.63) is 29.8 Å². The van der Waals surface area contributed by atoms with Gasteiger partial charge in [-0.05, 0) is 19.9 Å². The predicted molar refractivity (Wildman–Crippen MR) is 82.2 cm³/mol. The van der Waals surface area contributed by atoms with Crippen LogP contribution in [0.1, 0.15) is 32.3 Å². The highest BCUT2D eigenvalue weighted by Crippen LogP contribution is 2.29. The molecule has 0 fully saturated rings. The van der Waals surface area contributed by atoms with Crippen molar-refractivity contribution in [2.45, 2.75) is 26.7 Å². The zero-order valence-electron chi connectivity index (χ0n) is 13.3. The van der Waals surface area contributed by atoms with Crippen LogP contribution in [-0.4, -0.2) is 38.2 Å². The maximum atomic E-state index is 12.2. The molecule has 1 aromatic rings. The van der Waals surface area contributed by atoms with E-state index >= 15 is 0 Å². The molecule has 120 valence electrons. The van der Waals surface area contributed by atoms with E-state index in [2.05, 4.69) is 4.99 Å². The van der Waals surface area contributed by atoms with Crippen LogP contribution < -0.4 is 0 Å². The van der Waals surface area contributed by atoms with Gasteiger partial charge in [0, 0.05) is 12.5 Å². The summed E-state index contributed by atoms with van der Waals surface area (Å²) in [5, 5.41) is 0. The lowest BCUT2D eigenvalue weighted by atomic mass is 9.97. The summed E-state index contributed by atoms with van der Waals surface area (Å²) < 4.78 is 15.0. The summed E-state index contributed by atoms with van der Waals surface area (Å²) in [4.78, 5) is 28.6. The minimum atomic E-state index is -1.16. The molecule has 0 N–H and O–H groups in total. The molecule has 0 bridgehead atoms. The number of nitrogens with zero attached hydrogens (tertiary/aromatic N) is 1. The molecule has 0 saturated heterocycles. The summed E-state index contributed by atoms with van der Waals surface area (Å²) in [7, 11) is 1.50. The van der Waals surface area contributed by atoms with Gasteiger partial charge in [-0.3, -0.25) is 9.59 Å². The summed E-state index contributed by atoms with van der Waals surface area (Å²) in [5.74, 6) is -2.05. The number of para-hydroxylation sites is 1. The molecule has 0 saturated carbocycles. The Morgan fingerprint density at radius 1 is 1.09 bits per heavy atom. The molecule has 1 aromatic carbocycles. The normalized spacial score (nSPS) is 11.2. The van der Waals surface area contributed by atoms with Crippen LogP contribution in [0, 0.1) is 0 Å². The van der Waals surface area contributed by atoms with Crippen molar-refractivity contribution in [1.29, 1.82) is 0 Å². The lowest BCUT2D eigenvalue weighted by Crippen LogP contribution is -2.26. The van der Waals surface area contributed by atoms with Crippen molar-refractivity contribution in [2.24, 2.45) is 4.99 Å². The molecule has 0 unspecified atom stereocenters. The van der Waals surface area contributed by atoms with Crippen molar-refractivity contribution in [2.75, 3.05) is 20.3 Å². The second-order valence-electron chi connectivity index (χ2n) is 4.33. The third kappa shape index (κ3) is 4.58. The van der Waals surface area contributed by atoms with Crippen LogP contribution >= 0.6 is 0 Å². The van der Waals surface area contributed by atoms with E-state index in [0.717, 1.165) is 0 Å². The molecule has 6 heteroatoms. The Hall–Kier alpha value is -2.37. The van der Waals surface area contributed by atoms with Gasteiger partial charge >= 0.3 is 11.9 Å². The Bertz CT molecular complexity index is 535. The summed E-state index contributed by atoms with van der Waals surface area (Å²) in [6.07, 6.45) is 0. The molecular formula is C16H21NO5. The fourth-order valence-electron chi connectivity index (χ4n) is 1.85. The molecule has 0 aliphatic heterocycles. The number of benzene rings is 1. The Labute approximate surface area is 130 Å². The molecule has 0 heterocycles. The van der Waals surface area contributed by atoms with Gasteiger partial charge in [-0.2, -0.15) is 0 Å². The smallest absolute Gasteiger partial charge is 0.324 e. The van der Waals surface area contributed by atoms with Crippen molar-refractivity contribution < 1.29 is 23.8 Å². The number of carbonyl (C=O) groups is 2. The molecule has 0 spiro atoms. The number of esters is 2. The Kier molecular flexibility index (Phi) is 7.08. The van der Waals surface area contributed by atoms with E-state index in [4.69, 9.17) is 14.2 Å². The van der Waals surface area contributed by atoms with Gasteiger partial charge in [-0.15, -0.1) is 0 Å². The molecule has 6 nitrogen and oxygen atoms in total. The standard InChI is InChI=1S/C16H21NO5/c1-5-21-15(18)14(16(19)22-6-2)12-9-7-8-10-13(12)17-11(3)20-4/h7-10,14H,5-6H2,1-4H3. The summed E-state index contributed by atoms with van der Waals surface area (Å²) in [6, 6.07) is 6.84. The van der Waals surface area contributed by atoms with Crippen LogP contribution in [0.25, 0.3) is 0 Å². The molecule has 0 aliphatic rings. The SMILES string of the molecule is CCOC(=O)C(C(=O)OCC)c1ccccc1N=C(C)OC. The van der Waals surface area contributed by atoms with Crippen molar-refractivity contribution >= 4 is 23.5 Å². The first kappa shape index (κ1) is 17.7. The average molecular weight is 307 g/mol. The predicted octanol–water partition coefficient (Wildman–Crippen LogP) is 2.59. The van der Waals surface area contributed by atoms with E-state index in [1.54, 1.807) is 45.0 Å². The van der Waals surface area contributed by atoms with E-state index in [9.17, 15) is 9.59 Å². The van der Waals surface area contributed by atoms with Crippen LogP contribution in [0.5, 0.6) is 0 Å². The van der Waals surface area contributed by atoms with Crippen molar-refractivity contribution in [1.82, 2.24) is 0 Å². The number of hydrogen-bond donors (Lipinski definition) is 0. The summed E-state index contributed by atoms with van der Waals surface area (Å²) in [6.45, 7) is 5.40. The first-order valence-corrected chi connectivity index (χ1v) is 7.06. The van der Waals surface area contributed by atoms with Crippen molar-refractivity contribution in [3.63, 3.8) is 0 Å². The van der Waals surface area contributed by atoms with E-state index in [0.29, 0.717) is 17.1 Å². The first-order chi connectivity index (χ1) is 10.5. The average Bonchev–Trinajstić information content (AvgIpc) is 2.49. The van der Waals surface area contributed by atoms with E-state index in [1.165, 1.54) is 7.11 Å². The van der Waals surface area contributed by atoms with E-state index < -0.39 is 17.9 Å². The van der Waals surface area contributed by atoms with Gasteiger partial charge in [0.05, 0.1) is 26.0 Å². The minimum absolute atomic E-state index is 0.178. The first-order valence-electron chi connectivity index (χ1n) is 7.06. The van der Waals surface area contributed by atoms with Gasteiger partial charge in [-0.25, -0.2) is 4.99 Å². The zero-order chi connectivity index (χ0) is 16.5. The lowest BCUT2D eigenvalue weighted by molar-refractivity contribution is -0.156. The van der Waals surface area contributed by atoms with Crippen LogP contribution in [-0.2, 0) is 23.8 Å². The van der Waals surface area contributed by atoms with E-state index in [1.807, 2.05) is 0 Å². The highest BCUT2D eigenvalue weighted by molar-refractivity contribution is 6.02. The Morgan fingerprint density at radius 2 is 1.64 bits per heavy atom. The second-order valence-corrected chi connectivity index (χ2v) is 4.33. The maximum absolute atomic E-state index is 12.2. The van der Waals surface area contributed by atoms with Gasteiger partial charge in [0.1, 0.15) is 0 Å². The van der Waals surface area contributed by atoms with Crippen LogP contribution in [0.2, 0.25) is 0 Å². The Morgan fingerprint density at radius 3 is 2.14 bits per heavy atom. The summed E-state index contributed by atoms with van der Waals surface area (Å²) in [5.41, 5.74) is 0.892. The number of methoxy groups -OCH3 is 1. The molecular weight excluding hydrogens is 286 g/mol. The fourth-order valence-corrected chi connectivity index (χ4v) is 1.85. The minimum Gasteiger partial charge on any atom is -0.484 e. The van der Waals surface area contributed by atoms with Crippen LogP contribution in [0.15, 0.2) is 29.3 Å². The third-order valence-corrected chi connectivity index (χ3v) is 2.87. The van der Waals surface area contributed by atoms with Gasteiger partial charge in [-0.1, -0.05) is 18.2 Å². The molecule has 0 radical (unpaired) electrons.